The SMILES string of the molecule is C=C(C)Oc1cccc(N2CCN(C)CC2)c1. The quantitative estimate of drug-likeness (QED) is 0.744. The molecule has 0 spiro atoms. The van der Waals surface area contributed by atoms with Crippen LogP contribution < -0.4 is 9.64 Å². The molecule has 1 aromatic carbocycles. The van der Waals surface area contributed by atoms with Gasteiger partial charge in [0.05, 0.1) is 5.76 Å². The van der Waals surface area contributed by atoms with Crippen LogP contribution in [0.3, 0.4) is 0 Å². The molecule has 3 nitrogen and oxygen atoms in total. The van der Waals surface area contributed by atoms with Gasteiger partial charge in [0.15, 0.2) is 0 Å². The zero-order valence-electron chi connectivity index (χ0n) is 10.6. The van der Waals surface area contributed by atoms with Crippen molar-refractivity contribution in [1.82, 2.24) is 4.90 Å². The highest BCUT2D eigenvalue weighted by Gasteiger charge is 2.14. The summed E-state index contributed by atoms with van der Waals surface area (Å²) in [6, 6.07) is 8.22. The van der Waals surface area contributed by atoms with Crippen LogP contribution in [0, 0.1) is 0 Å². The summed E-state index contributed by atoms with van der Waals surface area (Å²) < 4.78 is 5.54. The van der Waals surface area contributed by atoms with Crippen LogP contribution in [0.5, 0.6) is 5.75 Å². The molecule has 1 aliphatic heterocycles. The van der Waals surface area contributed by atoms with Gasteiger partial charge in [0.25, 0.3) is 0 Å². The van der Waals surface area contributed by atoms with Gasteiger partial charge in [-0.05, 0) is 26.1 Å². The van der Waals surface area contributed by atoms with Gasteiger partial charge in [-0.2, -0.15) is 0 Å². The number of anilines is 1. The van der Waals surface area contributed by atoms with Gasteiger partial charge in [-0.15, -0.1) is 0 Å². The third kappa shape index (κ3) is 3.24. The molecule has 1 aliphatic rings. The molecule has 0 aliphatic carbocycles. The summed E-state index contributed by atoms with van der Waals surface area (Å²) in [5.74, 6) is 1.59. The molecule has 1 heterocycles. The zero-order chi connectivity index (χ0) is 12.3. The second-order valence-corrected chi connectivity index (χ2v) is 4.59. The van der Waals surface area contributed by atoms with Crippen LogP contribution in [0.1, 0.15) is 6.92 Å². The fraction of sp³-hybridized carbons (Fsp3) is 0.429. The number of hydrogen-bond acceptors (Lipinski definition) is 3. The van der Waals surface area contributed by atoms with E-state index in [1.165, 1.54) is 5.69 Å². The van der Waals surface area contributed by atoms with Gasteiger partial charge in [0.1, 0.15) is 5.75 Å². The molecular weight excluding hydrogens is 212 g/mol. The van der Waals surface area contributed by atoms with Crippen LogP contribution >= 0.6 is 0 Å². The molecule has 0 bridgehead atoms. The van der Waals surface area contributed by atoms with Crippen molar-refractivity contribution in [3.05, 3.63) is 36.6 Å². The van der Waals surface area contributed by atoms with Crippen molar-refractivity contribution in [2.45, 2.75) is 6.92 Å². The number of hydrogen-bond donors (Lipinski definition) is 0. The van der Waals surface area contributed by atoms with Crippen LogP contribution in [0.2, 0.25) is 0 Å². The molecule has 17 heavy (non-hydrogen) atoms. The summed E-state index contributed by atoms with van der Waals surface area (Å²) in [6.07, 6.45) is 0. The summed E-state index contributed by atoms with van der Waals surface area (Å²) >= 11 is 0. The van der Waals surface area contributed by atoms with Crippen LogP contribution in [0.15, 0.2) is 36.6 Å². The number of benzene rings is 1. The first-order chi connectivity index (χ1) is 8.15. The number of rotatable bonds is 3. The van der Waals surface area contributed by atoms with Crippen molar-refractivity contribution in [1.29, 1.82) is 0 Å². The van der Waals surface area contributed by atoms with Crippen LogP contribution in [0.4, 0.5) is 5.69 Å². The van der Waals surface area contributed by atoms with Crippen molar-refractivity contribution in [2.24, 2.45) is 0 Å². The van der Waals surface area contributed by atoms with Gasteiger partial charge in [0, 0.05) is 37.9 Å². The van der Waals surface area contributed by atoms with Crippen molar-refractivity contribution in [3.8, 4) is 5.75 Å². The van der Waals surface area contributed by atoms with Gasteiger partial charge < -0.3 is 14.5 Å². The van der Waals surface area contributed by atoms with Crippen LogP contribution in [-0.2, 0) is 0 Å². The smallest absolute Gasteiger partial charge is 0.128 e. The summed E-state index contributed by atoms with van der Waals surface area (Å²) in [5, 5.41) is 0. The standard InChI is InChI=1S/C14H20N2O/c1-12(2)17-14-6-4-5-13(11-14)16-9-7-15(3)8-10-16/h4-6,11H,1,7-10H2,2-3H3. The molecule has 0 amide bonds. The molecule has 0 saturated carbocycles. The Labute approximate surface area is 103 Å². The molecular formula is C14H20N2O. The maximum atomic E-state index is 5.54. The second kappa shape index (κ2) is 5.23. The Morgan fingerprint density at radius 2 is 1.94 bits per heavy atom. The topological polar surface area (TPSA) is 15.7 Å². The lowest BCUT2D eigenvalue weighted by molar-refractivity contribution is 0.312. The first-order valence-electron chi connectivity index (χ1n) is 6.02. The lowest BCUT2D eigenvalue weighted by Crippen LogP contribution is -2.44. The molecule has 3 heteroatoms. The average molecular weight is 232 g/mol. The normalized spacial score (nSPS) is 16.9. The minimum Gasteiger partial charge on any atom is -0.463 e. The Balaban J connectivity index is 2.07. The third-order valence-electron chi connectivity index (χ3n) is 2.98. The van der Waals surface area contributed by atoms with Crippen LogP contribution in [-0.4, -0.2) is 38.1 Å². The summed E-state index contributed by atoms with van der Waals surface area (Å²) in [5.41, 5.74) is 1.23. The summed E-state index contributed by atoms with van der Waals surface area (Å²) in [7, 11) is 2.16. The molecule has 1 aromatic rings. The molecule has 1 saturated heterocycles. The van der Waals surface area contributed by atoms with Crippen molar-refractivity contribution in [2.75, 3.05) is 38.1 Å². The molecule has 92 valence electrons. The van der Waals surface area contributed by atoms with Crippen molar-refractivity contribution >= 4 is 5.69 Å². The van der Waals surface area contributed by atoms with E-state index in [1.807, 2.05) is 19.1 Å². The Morgan fingerprint density at radius 3 is 2.59 bits per heavy atom. The molecule has 2 rings (SSSR count). The molecule has 0 aromatic heterocycles. The minimum absolute atomic E-state index is 0.723. The van der Waals surface area contributed by atoms with Gasteiger partial charge in [-0.25, -0.2) is 0 Å². The van der Waals surface area contributed by atoms with E-state index in [2.05, 4.69) is 35.6 Å². The average Bonchev–Trinajstić information content (AvgIpc) is 2.29. The highest BCUT2D eigenvalue weighted by atomic mass is 16.5. The lowest BCUT2D eigenvalue weighted by atomic mass is 10.2. The molecule has 1 fully saturated rings. The number of likely N-dealkylation sites (N-methyl/N-ethyl adjacent to an activating group) is 1. The highest BCUT2D eigenvalue weighted by molar-refractivity contribution is 5.51. The van der Waals surface area contributed by atoms with E-state index in [-0.39, 0.29) is 0 Å². The van der Waals surface area contributed by atoms with E-state index in [0.717, 1.165) is 37.7 Å². The Bertz CT molecular complexity index is 395. The summed E-state index contributed by atoms with van der Waals surface area (Å²) in [4.78, 5) is 4.75. The zero-order valence-corrected chi connectivity index (χ0v) is 10.6. The van der Waals surface area contributed by atoms with E-state index in [9.17, 15) is 0 Å². The fourth-order valence-electron chi connectivity index (χ4n) is 2.01. The molecule has 0 atom stereocenters. The highest BCUT2D eigenvalue weighted by Crippen LogP contribution is 2.23. The number of nitrogens with zero attached hydrogens (tertiary/aromatic N) is 2. The third-order valence-corrected chi connectivity index (χ3v) is 2.98. The maximum absolute atomic E-state index is 5.54. The number of piperazine rings is 1. The lowest BCUT2D eigenvalue weighted by Gasteiger charge is -2.34. The van der Waals surface area contributed by atoms with E-state index >= 15 is 0 Å². The van der Waals surface area contributed by atoms with Gasteiger partial charge in [0.2, 0.25) is 0 Å². The Morgan fingerprint density at radius 1 is 1.24 bits per heavy atom. The Kier molecular flexibility index (Phi) is 3.69. The largest absolute Gasteiger partial charge is 0.463 e. The first-order valence-corrected chi connectivity index (χ1v) is 6.02. The maximum Gasteiger partial charge on any atom is 0.128 e. The predicted molar refractivity (Wildman–Crippen MR) is 71.6 cm³/mol. The van der Waals surface area contributed by atoms with Crippen LogP contribution in [0.25, 0.3) is 0 Å². The van der Waals surface area contributed by atoms with E-state index in [0.29, 0.717) is 0 Å². The van der Waals surface area contributed by atoms with Gasteiger partial charge in [-0.3, -0.25) is 0 Å². The van der Waals surface area contributed by atoms with Gasteiger partial charge in [-0.1, -0.05) is 12.6 Å². The number of allylic oxidation sites excluding steroid dienone is 1. The molecule has 0 radical (unpaired) electrons. The monoisotopic (exact) mass is 232 g/mol. The fourth-order valence-corrected chi connectivity index (χ4v) is 2.01. The Hall–Kier alpha value is -1.48. The number of ether oxygens (including phenoxy) is 1. The second-order valence-electron chi connectivity index (χ2n) is 4.59. The van der Waals surface area contributed by atoms with Gasteiger partial charge >= 0.3 is 0 Å². The predicted octanol–water partition coefficient (Wildman–Crippen LogP) is 2.35. The summed E-state index contributed by atoms with van der Waals surface area (Å²) in [6.45, 7) is 10.0. The minimum atomic E-state index is 0.723. The molecule has 0 N–H and O–H groups in total. The van der Waals surface area contributed by atoms with E-state index < -0.39 is 0 Å². The van der Waals surface area contributed by atoms with E-state index in [1.54, 1.807) is 0 Å². The molecule has 0 unspecified atom stereocenters. The van der Waals surface area contributed by atoms with E-state index in [4.69, 9.17) is 4.74 Å². The van der Waals surface area contributed by atoms with Crippen molar-refractivity contribution in [3.63, 3.8) is 0 Å². The first kappa shape index (κ1) is 12.0. The van der Waals surface area contributed by atoms with Crippen molar-refractivity contribution < 1.29 is 4.74 Å².